The number of benzene rings is 2. The maximum atomic E-state index is 11.9. The Balaban J connectivity index is 1.73. The van der Waals surface area contributed by atoms with Gasteiger partial charge < -0.3 is 25.4 Å². The predicted molar refractivity (Wildman–Crippen MR) is 101 cm³/mol. The number of amides is 3. The zero-order valence-corrected chi connectivity index (χ0v) is 15.0. The lowest BCUT2D eigenvalue weighted by atomic mass is 10.3. The average molecular weight is 371 g/mol. The molecule has 2 rings (SSSR count). The van der Waals surface area contributed by atoms with Crippen molar-refractivity contribution >= 4 is 29.3 Å². The van der Waals surface area contributed by atoms with Gasteiger partial charge in [0.2, 0.25) is 0 Å². The van der Waals surface area contributed by atoms with Crippen LogP contribution in [0.4, 0.5) is 16.2 Å². The summed E-state index contributed by atoms with van der Waals surface area (Å²) in [5.41, 5.74) is 1.14. The third kappa shape index (κ3) is 6.69. The molecule has 0 radical (unpaired) electrons. The van der Waals surface area contributed by atoms with Crippen molar-refractivity contribution < 1.29 is 23.9 Å². The number of esters is 1. The third-order valence-corrected chi connectivity index (χ3v) is 3.45. The highest BCUT2D eigenvalue weighted by Crippen LogP contribution is 2.14. The molecular weight excluding hydrogens is 350 g/mol. The largest absolute Gasteiger partial charge is 0.497 e. The van der Waals surface area contributed by atoms with Gasteiger partial charge in [0.25, 0.3) is 5.91 Å². The van der Waals surface area contributed by atoms with Crippen LogP contribution in [-0.4, -0.2) is 37.7 Å². The van der Waals surface area contributed by atoms with Crippen LogP contribution in [0.2, 0.25) is 0 Å². The van der Waals surface area contributed by atoms with E-state index in [0.29, 0.717) is 17.1 Å². The summed E-state index contributed by atoms with van der Waals surface area (Å²) in [6, 6.07) is 14.0. The number of rotatable bonds is 7. The molecule has 0 saturated carbocycles. The number of nitrogens with one attached hydrogen (secondary N) is 3. The fourth-order valence-corrected chi connectivity index (χ4v) is 2.08. The molecule has 0 aliphatic carbocycles. The third-order valence-electron chi connectivity index (χ3n) is 3.45. The van der Waals surface area contributed by atoms with Gasteiger partial charge in [0, 0.05) is 11.4 Å². The average Bonchev–Trinajstić information content (AvgIpc) is 2.67. The molecule has 0 saturated heterocycles. The van der Waals surface area contributed by atoms with Gasteiger partial charge in [-0.15, -0.1) is 0 Å². The van der Waals surface area contributed by atoms with Crippen molar-refractivity contribution in [1.82, 2.24) is 5.32 Å². The second-order valence-corrected chi connectivity index (χ2v) is 5.57. The van der Waals surface area contributed by atoms with Crippen LogP contribution >= 0.6 is 0 Å². The van der Waals surface area contributed by atoms with Crippen molar-refractivity contribution in [2.45, 2.75) is 13.0 Å². The Morgan fingerprint density at radius 3 is 2.19 bits per heavy atom. The fourth-order valence-electron chi connectivity index (χ4n) is 2.08. The highest BCUT2D eigenvalue weighted by atomic mass is 16.5. The van der Waals surface area contributed by atoms with Gasteiger partial charge in [-0.2, -0.15) is 0 Å². The van der Waals surface area contributed by atoms with Gasteiger partial charge in [0.1, 0.15) is 11.8 Å². The number of para-hydroxylation sites is 1. The Labute approximate surface area is 156 Å². The molecule has 27 heavy (non-hydrogen) atoms. The van der Waals surface area contributed by atoms with E-state index in [2.05, 4.69) is 16.0 Å². The highest BCUT2D eigenvalue weighted by Gasteiger charge is 2.18. The maximum absolute atomic E-state index is 11.9. The minimum Gasteiger partial charge on any atom is -0.497 e. The molecule has 0 spiro atoms. The number of hydrogen-bond donors (Lipinski definition) is 3. The van der Waals surface area contributed by atoms with E-state index >= 15 is 0 Å². The molecule has 2 aromatic rings. The molecular formula is C19H21N3O5. The Hall–Kier alpha value is -3.55. The first-order valence-corrected chi connectivity index (χ1v) is 8.21. The molecule has 142 valence electrons. The number of hydrogen-bond acceptors (Lipinski definition) is 5. The molecule has 8 heteroatoms. The maximum Gasteiger partial charge on any atom is 0.328 e. The number of urea groups is 1. The summed E-state index contributed by atoms with van der Waals surface area (Å²) in [5, 5.41) is 7.62. The molecule has 3 amide bonds. The lowest BCUT2D eigenvalue weighted by Crippen LogP contribution is -2.42. The van der Waals surface area contributed by atoms with Crippen molar-refractivity contribution in [3.63, 3.8) is 0 Å². The van der Waals surface area contributed by atoms with Gasteiger partial charge in [0.15, 0.2) is 6.61 Å². The van der Waals surface area contributed by atoms with E-state index in [-0.39, 0.29) is 0 Å². The van der Waals surface area contributed by atoms with Crippen molar-refractivity contribution in [2.24, 2.45) is 0 Å². The predicted octanol–water partition coefficient (Wildman–Crippen LogP) is 2.39. The van der Waals surface area contributed by atoms with E-state index in [1.54, 1.807) is 55.6 Å². The molecule has 0 fully saturated rings. The second-order valence-electron chi connectivity index (χ2n) is 5.57. The fraction of sp³-hybridized carbons (Fsp3) is 0.211. The minimum absolute atomic E-state index is 0.461. The van der Waals surface area contributed by atoms with E-state index in [1.165, 1.54) is 6.92 Å². The van der Waals surface area contributed by atoms with Crippen molar-refractivity contribution in [3.05, 3.63) is 54.6 Å². The van der Waals surface area contributed by atoms with Crippen LogP contribution in [0.25, 0.3) is 0 Å². The summed E-state index contributed by atoms with van der Waals surface area (Å²) in [5.74, 6) is -0.550. The van der Waals surface area contributed by atoms with E-state index in [1.807, 2.05) is 6.07 Å². The molecule has 3 N–H and O–H groups in total. The normalized spacial score (nSPS) is 11.0. The molecule has 0 aromatic heterocycles. The lowest BCUT2D eigenvalue weighted by Gasteiger charge is -2.14. The Morgan fingerprint density at radius 1 is 0.926 bits per heavy atom. The SMILES string of the molecule is COc1ccc(NC(=O)COC(=O)[C@H](C)NC(=O)Nc2ccccc2)cc1. The Morgan fingerprint density at radius 2 is 1.56 bits per heavy atom. The van der Waals surface area contributed by atoms with Gasteiger partial charge in [0.05, 0.1) is 7.11 Å². The molecule has 8 nitrogen and oxygen atoms in total. The molecule has 0 aliphatic rings. The van der Waals surface area contributed by atoms with Crippen molar-refractivity contribution in [1.29, 1.82) is 0 Å². The zero-order chi connectivity index (χ0) is 19.6. The van der Waals surface area contributed by atoms with Crippen molar-refractivity contribution in [3.8, 4) is 5.75 Å². The smallest absolute Gasteiger partial charge is 0.328 e. The molecule has 2 aromatic carbocycles. The summed E-state index contributed by atoms with van der Waals surface area (Å²) in [6.07, 6.45) is 0. The van der Waals surface area contributed by atoms with Gasteiger partial charge >= 0.3 is 12.0 Å². The first-order valence-electron chi connectivity index (χ1n) is 8.21. The first-order chi connectivity index (χ1) is 13.0. The van der Waals surface area contributed by atoms with Gasteiger partial charge in [-0.05, 0) is 43.3 Å². The van der Waals surface area contributed by atoms with Crippen LogP contribution in [0.1, 0.15) is 6.92 Å². The van der Waals surface area contributed by atoms with Gasteiger partial charge in [-0.3, -0.25) is 4.79 Å². The van der Waals surface area contributed by atoms with E-state index < -0.39 is 30.6 Å². The van der Waals surface area contributed by atoms with E-state index in [0.717, 1.165) is 0 Å². The van der Waals surface area contributed by atoms with Crippen LogP contribution in [0.15, 0.2) is 54.6 Å². The van der Waals surface area contributed by atoms with E-state index in [4.69, 9.17) is 9.47 Å². The van der Waals surface area contributed by atoms with Crippen LogP contribution in [-0.2, 0) is 14.3 Å². The summed E-state index contributed by atoms with van der Waals surface area (Å²) >= 11 is 0. The number of carbonyl (C=O) groups is 3. The van der Waals surface area contributed by atoms with Crippen LogP contribution in [0.5, 0.6) is 5.75 Å². The number of methoxy groups -OCH3 is 1. The topological polar surface area (TPSA) is 106 Å². The van der Waals surface area contributed by atoms with Crippen LogP contribution in [0, 0.1) is 0 Å². The first kappa shape index (κ1) is 19.8. The summed E-state index contributed by atoms with van der Waals surface area (Å²) in [6.45, 7) is 1.01. The quantitative estimate of drug-likeness (QED) is 0.648. The molecule has 1 atom stereocenters. The van der Waals surface area contributed by atoms with Gasteiger partial charge in [-0.1, -0.05) is 18.2 Å². The van der Waals surface area contributed by atoms with Crippen LogP contribution < -0.4 is 20.7 Å². The zero-order valence-electron chi connectivity index (χ0n) is 15.0. The highest BCUT2D eigenvalue weighted by molar-refractivity contribution is 5.94. The lowest BCUT2D eigenvalue weighted by molar-refractivity contribution is -0.148. The number of ether oxygens (including phenoxy) is 2. The summed E-state index contributed by atoms with van der Waals surface area (Å²) in [7, 11) is 1.54. The second kappa shape index (κ2) is 9.81. The monoisotopic (exact) mass is 371 g/mol. The summed E-state index contributed by atoms with van der Waals surface area (Å²) in [4.78, 5) is 35.6. The molecule has 0 bridgehead atoms. The Kier molecular flexibility index (Phi) is 7.18. The van der Waals surface area contributed by atoms with Crippen LogP contribution in [0.3, 0.4) is 0 Å². The number of carbonyl (C=O) groups excluding carboxylic acids is 3. The molecule has 0 heterocycles. The standard InChI is InChI=1S/C19H21N3O5/c1-13(20-19(25)22-14-6-4-3-5-7-14)18(24)27-12-17(23)21-15-8-10-16(26-2)11-9-15/h3-11,13H,12H2,1-2H3,(H,21,23)(H2,20,22,25)/t13-/m0/s1. The summed E-state index contributed by atoms with van der Waals surface area (Å²) < 4.78 is 9.94. The Bertz CT molecular complexity index is 778. The van der Waals surface area contributed by atoms with E-state index in [9.17, 15) is 14.4 Å². The van der Waals surface area contributed by atoms with Gasteiger partial charge in [-0.25, -0.2) is 9.59 Å². The molecule has 0 unspecified atom stereocenters. The van der Waals surface area contributed by atoms with Crippen molar-refractivity contribution in [2.75, 3.05) is 24.4 Å². The number of anilines is 2. The molecule has 0 aliphatic heterocycles. The minimum atomic E-state index is -0.914.